The van der Waals surface area contributed by atoms with Gasteiger partial charge in [-0.15, -0.1) is 0 Å². The fourth-order valence-electron chi connectivity index (χ4n) is 1.27. The van der Waals surface area contributed by atoms with Crippen molar-refractivity contribution < 1.29 is 12.8 Å². The number of halogens is 1. The summed E-state index contributed by atoms with van der Waals surface area (Å²) in [6.45, 7) is 3.61. The van der Waals surface area contributed by atoms with Crippen LogP contribution in [-0.2, 0) is 10.0 Å². The number of hydrogen-bond acceptors (Lipinski definition) is 3. The smallest absolute Gasteiger partial charge is 0.232 e. The molecule has 0 aromatic heterocycles. The second-order valence-electron chi connectivity index (χ2n) is 4.01. The summed E-state index contributed by atoms with van der Waals surface area (Å²) in [6, 6.07) is 3.72. The van der Waals surface area contributed by atoms with Crippen LogP contribution in [0.2, 0.25) is 0 Å². The van der Waals surface area contributed by atoms with Crippen molar-refractivity contribution in [3.05, 3.63) is 24.0 Å². The first-order valence-electron chi connectivity index (χ1n) is 4.85. The second-order valence-corrected chi connectivity index (χ2v) is 5.78. The van der Waals surface area contributed by atoms with Crippen LogP contribution in [0.5, 0.6) is 0 Å². The minimum atomic E-state index is -3.39. The summed E-state index contributed by atoms with van der Waals surface area (Å²) in [4.78, 5) is 0. The SMILES string of the molecule is CC(C)CS(=O)(=O)Nc1ccc(F)c(N)c1. The molecule has 0 aliphatic carbocycles. The van der Waals surface area contributed by atoms with Gasteiger partial charge in [-0.2, -0.15) is 0 Å². The van der Waals surface area contributed by atoms with Gasteiger partial charge in [-0.1, -0.05) is 13.8 Å². The van der Waals surface area contributed by atoms with Gasteiger partial charge in [0.25, 0.3) is 0 Å². The lowest BCUT2D eigenvalue weighted by molar-refractivity contribution is 0.587. The van der Waals surface area contributed by atoms with Crippen LogP contribution in [0.3, 0.4) is 0 Å². The van der Waals surface area contributed by atoms with Gasteiger partial charge in [0.15, 0.2) is 0 Å². The Balaban J connectivity index is 2.84. The number of nitrogens with one attached hydrogen (secondary N) is 1. The molecule has 1 rings (SSSR count). The van der Waals surface area contributed by atoms with E-state index < -0.39 is 15.8 Å². The monoisotopic (exact) mass is 246 g/mol. The number of anilines is 2. The van der Waals surface area contributed by atoms with Crippen LogP contribution < -0.4 is 10.5 Å². The molecule has 0 fully saturated rings. The van der Waals surface area contributed by atoms with Crippen molar-refractivity contribution >= 4 is 21.4 Å². The highest BCUT2D eigenvalue weighted by atomic mass is 32.2. The van der Waals surface area contributed by atoms with Gasteiger partial charge in [0.2, 0.25) is 10.0 Å². The van der Waals surface area contributed by atoms with E-state index in [-0.39, 0.29) is 23.0 Å². The molecule has 4 nitrogen and oxygen atoms in total. The first-order chi connectivity index (χ1) is 7.30. The van der Waals surface area contributed by atoms with E-state index in [4.69, 9.17) is 5.73 Å². The van der Waals surface area contributed by atoms with Gasteiger partial charge >= 0.3 is 0 Å². The predicted octanol–water partition coefficient (Wildman–Crippen LogP) is 1.81. The van der Waals surface area contributed by atoms with Gasteiger partial charge in [0.1, 0.15) is 5.82 Å². The van der Waals surface area contributed by atoms with Crippen LogP contribution in [0.4, 0.5) is 15.8 Å². The van der Waals surface area contributed by atoms with E-state index in [0.29, 0.717) is 0 Å². The van der Waals surface area contributed by atoms with Gasteiger partial charge in [-0.3, -0.25) is 4.72 Å². The van der Waals surface area contributed by atoms with Gasteiger partial charge in [0.05, 0.1) is 17.1 Å². The zero-order chi connectivity index (χ0) is 12.3. The lowest BCUT2D eigenvalue weighted by atomic mass is 10.3. The largest absolute Gasteiger partial charge is 0.396 e. The maximum absolute atomic E-state index is 12.8. The van der Waals surface area contributed by atoms with Gasteiger partial charge in [-0.05, 0) is 24.1 Å². The molecule has 0 unspecified atom stereocenters. The average Bonchev–Trinajstić information content (AvgIpc) is 2.08. The molecular weight excluding hydrogens is 231 g/mol. The van der Waals surface area contributed by atoms with E-state index in [1.165, 1.54) is 12.1 Å². The Labute approximate surface area is 94.7 Å². The molecule has 3 N–H and O–H groups in total. The lowest BCUT2D eigenvalue weighted by Gasteiger charge is -2.10. The van der Waals surface area contributed by atoms with Crippen molar-refractivity contribution in [3.8, 4) is 0 Å². The number of benzene rings is 1. The molecule has 0 spiro atoms. The zero-order valence-corrected chi connectivity index (χ0v) is 10.0. The third kappa shape index (κ3) is 3.69. The van der Waals surface area contributed by atoms with Crippen molar-refractivity contribution in [3.63, 3.8) is 0 Å². The molecule has 0 saturated heterocycles. The van der Waals surface area contributed by atoms with E-state index in [9.17, 15) is 12.8 Å². The number of nitrogen functional groups attached to an aromatic ring is 1. The molecule has 1 aromatic carbocycles. The Morgan fingerprint density at radius 2 is 2.06 bits per heavy atom. The first kappa shape index (κ1) is 12.8. The molecule has 0 aliphatic heterocycles. The topological polar surface area (TPSA) is 72.2 Å². The Bertz CT molecular complexity index is 472. The summed E-state index contributed by atoms with van der Waals surface area (Å²) in [5.41, 5.74) is 5.53. The van der Waals surface area contributed by atoms with Crippen molar-refractivity contribution in [2.75, 3.05) is 16.2 Å². The summed E-state index contributed by atoms with van der Waals surface area (Å²) < 4.78 is 38.3. The Morgan fingerprint density at radius 3 is 2.56 bits per heavy atom. The van der Waals surface area contributed by atoms with Crippen molar-refractivity contribution in [2.24, 2.45) is 5.92 Å². The molecule has 0 saturated carbocycles. The van der Waals surface area contributed by atoms with Crippen LogP contribution >= 0.6 is 0 Å². The molecule has 0 atom stereocenters. The number of nitrogens with two attached hydrogens (primary N) is 1. The van der Waals surface area contributed by atoms with Crippen molar-refractivity contribution in [1.82, 2.24) is 0 Å². The number of hydrogen-bond donors (Lipinski definition) is 2. The van der Waals surface area contributed by atoms with E-state index in [2.05, 4.69) is 4.72 Å². The second kappa shape index (κ2) is 4.69. The lowest BCUT2D eigenvalue weighted by Crippen LogP contribution is -2.20. The third-order valence-electron chi connectivity index (χ3n) is 1.82. The van der Waals surface area contributed by atoms with Crippen LogP contribution in [0, 0.1) is 11.7 Å². The van der Waals surface area contributed by atoms with Crippen LogP contribution in [-0.4, -0.2) is 14.2 Å². The number of rotatable bonds is 4. The highest BCUT2D eigenvalue weighted by molar-refractivity contribution is 7.92. The fourth-order valence-corrected chi connectivity index (χ4v) is 2.71. The van der Waals surface area contributed by atoms with Gasteiger partial charge in [-0.25, -0.2) is 12.8 Å². The minimum Gasteiger partial charge on any atom is -0.396 e. The summed E-state index contributed by atoms with van der Waals surface area (Å²) in [7, 11) is -3.39. The quantitative estimate of drug-likeness (QED) is 0.796. The zero-order valence-electron chi connectivity index (χ0n) is 9.20. The molecule has 90 valence electrons. The maximum Gasteiger partial charge on any atom is 0.232 e. The molecule has 16 heavy (non-hydrogen) atoms. The van der Waals surface area contributed by atoms with Crippen LogP contribution in [0.1, 0.15) is 13.8 Å². The molecule has 6 heteroatoms. The Morgan fingerprint density at radius 1 is 1.44 bits per heavy atom. The Hall–Kier alpha value is -1.30. The van der Waals surface area contributed by atoms with Crippen LogP contribution in [0.25, 0.3) is 0 Å². The van der Waals surface area contributed by atoms with Crippen LogP contribution in [0.15, 0.2) is 18.2 Å². The van der Waals surface area contributed by atoms with Crippen molar-refractivity contribution in [1.29, 1.82) is 0 Å². The molecular formula is C10H15FN2O2S. The highest BCUT2D eigenvalue weighted by Gasteiger charge is 2.13. The summed E-state index contributed by atoms with van der Waals surface area (Å²) in [6.07, 6.45) is 0. The highest BCUT2D eigenvalue weighted by Crippen LogP contribution is 2.17. The molecule has 0 aliphatic rings. The molecule has 0 radical (unpaired) electrons. The Kier molecular flexibility index (Phi) is 3.74. The van der Waals surface area contributed by atoms with E-state index in [1.807, 2.05) is 0 Å². The maximum atomic E-state index is 12.8. The summed E-state index contributed by atoms with van der Waals surface area (Å²) >= 11 is 0. The third-order valence-corrected chi connectivity index (χ3v) is 3.47. The first-order valence-corrected chi connectivity index (χ1v) is 6.51. The molecule has 0 heterocycles. The fraction of sp³-hybridized carbons (Fsp3) is 0.400. The van der Waals surface area contributed by atoms with E-state index in [0.717, 1.165) is 6.07 Å². The molecule has 0 amide bonds. The normalized spacial score (nSPS) is 11.8. The molecule has 1 aromatic rings. The van der Waals surface area contributed by atoms with Gasteiger partial charge < -0.3 is 5.73 Å². The van der Waals surface area contributed by atoms with Gasteiger partial charge in [0, 0.05) is 0 Å². The molecule has 0 bridgehead atoms. The van der Waals surface area contributed by atoms with Crippen molar-refractivity contribution in [2.45, 2.75) is 13.8 Å². The predicted molar refractivity (Wildman–Crippen MR) is 63.1 cm³/mol. The number of sulfonamides is 1. The standard InChI is InChI=1S/C10H15FN2O2S/c1-7(2)6-16(14,15)13-8-3-4-9(11)10(12)5-8/h3-5,7,13H,6,12H2,1-2H3. The minimum absolute atomic E-state index is 0.0181. The summed E-state index contributed by atoms with van der Waals surface area (Å²) in [5, 5.41) is 0. The average molecular weight is 246 g/mol. The summed E-state index contributed by atoms with van der Waals surface area (Å²) in [5.74, 6) is -0.522. The van der Waals surface area contributed by atoms with E-state index >= 15 is 0 Å². The van der Waals surface area contributed by atoms with E-state index in [1.54, 1.807) is 13.8 Å².